The quantitative estimate of drug-likeness (QED) is 0.773. The van der Waals surface area contributed by atoms with Gasteiger partial charge in [0, 0.05) is 17.8 Å². The van der Waals surface area contributed by atoms with Gasteiger partial charge in [-0.05, 0) is 51.8 Å². The van der Waals surface area contributed by atoms with E-state index in [0.717, 1.165) is 12.2 Å². The number of aryl methyl sites for hydroxylation is 1. The lowest BCUT2D eigenvalue weighted by atomic mass is 10.0. The topological polar surface area (TPSA) is 29.3 Å². The molecule has 0 aromatic heterocycles. The lowest BCUT2D eigenvalue weighted by molar-refractivity contribution is 0.167. The highest BCUT2D eigenvalue weighted by molar-refractivity contribution is 5.48. The molecule has 0 bridgehead atoms. The number of hydrogen-bond donors (Lipinski definition) is 1. The van der Waals surface area contributed by atoms with Crippen LogP contribution in [-0.2, 0) is 6.54 Å². The van der Waals surface area contributed by atoms with Crippen molar-refractivity contribution in [2.75, 3.05) is 12.3 Å². The van der Waals surface area contributed by atoms with Crippen LogP contribution >= 0.6 is 0 Å². The van der Waals surface area contributed by atoms with E-state index < -0.39 is 0 Å². The van der Waals surface area contributed by atoms with E-state index in [2.05, 4.69) is 37.8 Å². The maximum Gasteiger partial charge on any atom is 0.0359 e. The molecule has 0 amide bonds. The average Bonchev–Trinajstić information content (AvgIpc) is 2.52. The summed E-state index contributed by atoms with van der Waals surface area (Å²) in [5, 5.41) is 0. The number of hydrogen-bond acceptors (Lipinski definition) is 2. The predicted molar refractivity (Wildman–Crippen MR) is 69.3 cm³/mol. The molecule has 1 aliphatic rings. The summed E-state index contributed by atoms with van der Waals surface area (Å²) < 4.78 is 0. The Morgan fingerprint density at radius 1 is 1.38 bits per heavy atom. The second-order valence-electron chi connectivity index (χ2n) is 5.54. The standard InChI is InChI=1S/C14H22N2/c1-11-5-6-13(15)12(9-11)10-16-8-4-7-14(16,2)3/h5-6,9H,4,7-8,10,15H2,1-3H3. The van der Waals surface area contributed by atoms with Crippen molar-refractivity contribution in [2.45, 2.75) is 45.7 Å². The predicted octanol–water partition coefficient (Wildman–Crippen LogP) is 2.95. The van der Waals surface area contributed by atoms with Gasteiger partial charge in [0.1, 0.15) is 0 Å². The molecule has 1 heterocycles. The van der Waals surface area contributed by atoms with Gasteiger partial charge in [-0.25, -0.2) is 0 Å². The summed E-state index contributed by atoms with van der Waals surface area (Å²) in [6, 6.07) is 6.31. The van der Waals surface area contributed by atoms with Crippen molar-refractivity contribution in [3.63, 3.8) is 0 Å². The Bertz CT molecular complexity index is 382. The monoisotopic (exact) mass is 218 g/mol. The zero-order chi connectivity index (χ0) is 11.8. The van der Waals surface area contributed by atoms with E-state index in [0.29, 0.717) is 5.54 Å². The summed E-state index contributed by atoms with van der Waals surface area (Å²) in [7, 11) is 0. The molecule has 0 aliphatic carbocycles. The van der Waals surface area contributed by atoms with Crippen LogP contribution in [0, 0.1) is 6.92 Å². The van der Waals surface area contributed by atoms with Crippen LogP contribution in [0.1, 0.15) is 37.8 Å². The van der Waals surface area contributed by atoms with E-state index in [9.17, 15) is 0 Å². The van der Waals surface area contributed by atoms with E-state index in [1.165, 1.54) is 30.5 Å². The Labute approximate surface area is 98.4 Å². The minimum Gasteiger partial charge on any atom is -0.398 e. The third-order valence-corrected chi connectivity index (χ3v) is 3.73. The second-order valence-corrected chi connectivity index (χ2v) is 5.54. The first-order valence-corrected chi connectivity index (χ1v) is 6.09. The molecule has 1 fully saturated rings. The van der Waals surface area contributed by atoms with Crippen molar-refractivity contribution in [1.82, 2.24) is 4.90 Å². The van der Waals surface area contributed by atoms with Crippen LogP contribution in [0.15, 0.2) is 18.2 Å². The fraction of sp³-hybridized carbons (Fsp3) is 0.571. The van der Waals surface area contributed by atoms with Crippen LogP contribution in [0.3, 0.4) is 0 Å². The van der Waals surface area contributed by atoms with E-state index in [1.807, 2.05) is 6.07 Å². The van der Waals surface area contributed by atoms with Gasteiger partial charge in [-0.1, -0.05) is 17.7 Å². The minimum absolute atomic E-state index is 0.330. The summed E-state index contributed by atoms with van der Waals surface area (Å²) in [4.78, 5) is 2.54. The summed E-state index contributed by atoms with van der Waals surface area (Å²) >= 11 is 0. The third kappa shape index (κ3) is 2.22. The number of likely N-dealkylation sites (tertiary alicyclic amines) is 1. The van der Waals surface area contributed by atoms with Crippen molar-refractivity contribution in [3.05, 3.63) is 29.3 Å². The van der Waals surface area contributed by atoms with Gasteiger partial charge in [-0.15, -0.1) is 0 Å². The normalized spacial score (nSPS) is 20.2. The van der Waals surface area contributed by atoms with E-state index >= 15 is 0 Å². The second kappa shape index (κ2) is 4.10. The molecule has 2 nitrogen and oxygen atoms in total. The molecule has 0 atom stereocenters. The largest absolute Gasteiger partial charge is 0.398 e. The minimum atomic E-state index is 0.330. The van der Waals surface area contributed by atoms with Crippen LogP contribution in [0.2, 0.25) is 0 Å². The number of benzene rings is 1. The van der Waals surface area contributed by atoms with Crippen LogP contribution in [0.25, 0.3) is 0 Å². The lowest BCUT2D eigenvalue weighted by Crippen LogP contribution is -2.37. The van der Waals surface area contributed by atoms with Crippen LogP contribution in [-0.4, -0.2) is 17.0 Å². The Morgan fingerprint density at radius 2 is 2.12 bits per heavy atom. The molecule has 0 unspecified atom stereocenters. The van der Waals surface area contributed by atoms with Crippen LogP contribution in [0.4, 0.5) is 5.69 Å². The molecule has 16 heavy (non-hydrogen) atoms. The Balaban J connectivity index is 2.17. The summed E-state index contributed by atoms with van der Waals surface area (Å²) in [5.41, 5.74) is 9.85. The molecule has 88 valence electrons. The fourth-order valence-corrected chi connectivity index (χ4v) is 2.53. The smallest absolute Gasteiger partial charge is 0.0359 e. The van der Waals surface area contributed by atoms with Crippen LogP contribution < -0.4 is 5.73 Å². The zero-order valence-corrected chi connectivity index (χ0v) is 10.6. The van der Waals surface area contributed by atoms with Gasteiger partial charge >= 0.3 is 0 Å². The number of nitrogens with two attached hydrogens (primary N) is 1. The maximum absolute atomic E-state index is 6.03. The molecule has 1 aromatic rings. The Hall–Kier alpha value is -1.02. The van der Waals surface area contributed by atoms with Gasteiger partial charge in [0.25, 0.3) is 0 Å². The summed E-state index contributed by atoms with van der Waals surface area (Å²) in [6.07, 6.45) is 2.59. The molecular weight excluding hydrogens is 196 g/mol. The first-order valence-electron chi connectivity index (χ1n) is 6.09. The average molecular weight is 218 g/mol. The summed E-state index contributed by atoms with van der Waals surface area (Å²) in [6.45, 7) is 8.96. The first kappa shape index (κ1) is 11.5. The molecule has 2 N–H and O–H groups in total. The van der Waals surface area contributed by atoms with E-state index in [-0.39, 0.29) is 0 Å². The van der Waals surface area contributed by atoms with E-state index in [4.69, 9.17) is 5.73 Å². The summed E-state index contributed by atoms with van der Waals surface area (Å²) in [5.74, 6) is 0. The van der Waals surface area contributed by atoms with E-state index in [1.54, 1.807) is 0 Å². The maximum atomic E-state index is 6.03. The highest BCUT2D eigenvalue weighted by atomic mass is 15.2. The molecule has 1 saturated heterocycles. The zero-order valence-electron chi connectivity index (χ0n) is 10.6. The number of anilines is 1. The van der Waals surface area contributed by atoms with Gasteiger partial charge < -0.3 is 5.73 Å². The van der Waals surface area contributed by atoms with Gasteiger partial charge in [0.2, 0.25) is 0 Å². The Morgan fingerprint density at radius 3 is 2.75 bits per heavy atom. The lowest BCUT2D eigenvalue weighted by Gasteiger charge is -2.32. The van der Waals surface area contributed by atoms with Gasteiger partial charge in [0.15, 0.2) is 0 Å². The molecule has 1 aromatic carbocycles. The fourth-order valence-electron chi connectivity index (χ4n) is 2.53. The molecule has 0 radical (unpaired) electrons. The molecule has 2 rings (SSSR count). The Kier molecular flexibility index (Phi) is 2.94. The molecule has 1 aliphatic heterocycles. The molecular formula is C14H22N2. The third-order valence-electron chi connectivity index (χ3n) is 3.73. The first-order chi connectivity index (χ1) is 7.49. The van der Waals surface area contributed by atoms with Crippen molar-refractivity contribution in [2.24, 2.45) is 0 Å². The number of nitrogens with zero attached hydrogens (tertiary/aromatic N) is 1. The van der Waals surface area contributed by atoms with Crippen molar-refractivity contribution < 1.29 is 0 Å². The van der Waals surface area contributed by atoms with Crippen molar-refractivity contribution in [1.29, 1.82) is 0 Å². The molecule has 0 spiro atoms. The van der Waals surface area contributed by atoms with Gasteiger partial charge in [-0.3, -0.25) is 4.90 Å². The highest BCUT2D eigenvalue weighted by Crippen LogP contribution is 2.30. The number of nitrogen functional groups attached to an aromatic ring is 1. The van der Waals surface area contributed by atoms with Crippen molar-refractivity contribution in [3.8, 4) is 0 Å². The number of rotatable bonds is 2. The van der Waals surface area contributed by atoms with Crippen molar-refractivity contribution >= 4 is 5.69 Å². The van der Waals surface area contributed by atoms with Gasteiger partial charge in [-0.2, -0.15) is 0 Å². The van der Waals surface area contributed by atoms with Gasteiger partial charge in [0.05, 0.1) is 0 Å². The molecule has 0 saturated carbocycles. The highest BCUT2D eigenvalue weighted by Gasteiger charge is 2.31. The molecule has 2 heteroatoms. The SMILES string of the molecule is Cc1ccc(N)c(CN2CCCC2(C)C)c1. The van der Waals surface area contributed by atoms with Crippen LogP contribution in [0.5, 0.6) is 0 Å².